The molecule has 0 saturated heterocycles. The van der Waals surface area contributed by atoms with Gasteiger partial charge < -0.3 is 10.5 Å². The van der Waals surface area contributed by atoms with Crippen LogP contribution in [0.2, 0.25) is 0 Å². The van der Waals surface area contributed by atoms with E-state index in [0.29, 0.717) is 0 Å². The van der Waals surface area contributed by atoms with Gasteiger partial charge in [0.15, 0.2) is 11.6 Å². The zero-order valence-electron chi connectivity index (χ0n) is 8.59. The number of halogens is 1. The van der Waals surface area contributed by atoms with Gasteiger partial charge in [-0.25, -0.2) is 9.37 Å². The van der Waals surface area contributed by atoms with Gasteiger partial charge in [-0.15, -0.1) is 0 Å². The first-order valence-electron chi connectivity index (χ1n) is 4.65. The number of hydrogen-bond donors (Lipinski definition) is 1. The highest BCUT2D eigenvalue weighted by Crippen LogP contribution is 2.22. The fraction of sp³-hybridized carbons (Fsp3) is 0. The summed E-state index contributed by atoms with van der Waals surface area (Å²) in [5.74, 6) is -0.492. The van der Waals surface area contributed by atoms with Gasteiger partial charge in [-0.3, -0.25) is 0 Å². The Balaban J connectivity index is 2.28. The molecule has 0 saturated carbocycles. The Hall–Kier alpha value is -2.68. The number of nitrogens with zero attached hydrogens (tertiary/aromatic N) is 3. The molecular weight excluding hydrogens is 223 g/mol. The molecule has 1 aromatic carbocycles. The van der Waals surface area contributed by atoms with Crippen LogP contribution in [0.15, 0.2) is 30.5 Å². The summed E-state index contributed by atoms with van der Waals surface area (Å²) in [4.78, 5) is 7.54. The van der Waals surface area contributed by atoms with E-state index in [-0.39, 0.29) is 23.1 Å². The fourth-order valence-corrected chi connectivity index (χ4v) is 1.15. The van der Waals surface area contributed by atoms with Crippen LogP contribution in [0.25, 0.3) is 0 Å². The van der Waals surface area contributed by atoms with E-state index in [0.717, 1.165) is 6.07 Å². The molecule has 2 aromatic rings. The van der Waals surface area contributed by atoms with E-state index in [1.54, 1.807) is 0 Å². The zero-order chi connectivity index (χ0) is 12.3. The second-order valence-electron chi connectivity index (χ2n) is 3.12. The van der Waals surface area contributed by atoms with Gasteiger partial charge in [0.2, 0.25) is 0 Å². The summed E-state index contributed by atoms with van der Waals surface area (Å²) >= 11 is 0. The van der Waals surface area contributed by atoms with Crippen molar-refractivity contribution in [3.05, 3.63) is 41.8 Å². The summed E-state index contributed by atoms with van der Waals surface area (Å²) < 4.78 is 18.6. The van der Waals surface area contributed by atoms with Crippen molar-refractivity contribution >= 4 is 5.82 Å². The number of nitrogen functional groups attached to an aromatic ring is 1. The Morgan fingerprint density at radius 2 is 2.18 bits per heavy atom. The van der Waals surface area contributed by atoms with Crippen LogP contribution in [-0.4, -0.2) is 9.97 Å². The normalized spacial score (nSPS) is 9.65. The van der Waals surface area contributed by atoms with E-state index in [1.165, 1.54) is 24.4 Å². The zero-order valence-corrected chi connectivity index (χ0v) is 8.59. The van der Waals surface area contributed by atoms with E-state index >= 15 is 0 Å². The average molecular weight is 230 g/mol. The molecule has 0 aliphatic rings. The molecule has 0 spiro atoms. The largest absolute Gasteiger partial charge is 0.421 e. The molecule has 1 aromatic heterocycles. The SMILES string of the molecule is N#Cc1ccc(Oc2nccc(N)n2)c(F)c1. The second kappa shape index (κ2) is 4.45. The lowest BCUT2D eigenvalue weighted by molar-refractivity contribution is 0.411. The molecule has 0 bridgehead atoms. The number of ether oxygens (including phenoxy) is 1. The van der Waals surface area contributed by atoms with Gasteiger partial charge in [-0.05, 0) is 24.3 Å². The van der Waals surface area contributed by atoms with Crippen molar-refractivity contribution in [2.75, 3.05) is 5.73 Å². The molecule has 2 N–H and O–H groups in total. The predicted octanol–water partition coefficient (Wildman–Crippen LogP) is 1.86. The van der Waals surface area contributed by atoms with Gasteiger partial charge in [0.25, 0.3) is 0 Å². The third kappa shape index (κ3) is 2.46. The summed E-state index contributed by atoms with van der Waals surface area (Å²) in [6, 6.07) is 7.10. The maximum Gasteiger partial charge on any atom is 0.323 e. The van der Waals surface area contributed by atoms with E-state index in [9.17, 15) is 4.39 Å². The van der Waals surface area contributed by atoms with Crippen molar-refractivity contribution < 1.29 is 9.13 Å². The molecule has 0 fully saturated rings. The summed E-state index contributed by atoms with van der Waals surface area (Å²) in [5.41, 5.74) is 5.64. The number of rotatable bonds is 2. The Kier molecular flexibility index (Phi) is 2.83. The standard InChI is InChI=1S/C11H7FN4O/c12-8-5-7(6-13)1-2-9(8)17-11-15-4-3-10(14)16-11/h1-5H,(H2,14,15,16). The van der Waals surface area contributed by atoms with Gasteiger partial charge in [-0.1, -0.05) is 0 Å². The number of nitriles is 1. The lowest BCUT2D eigenvalue weighted by atomic mass is 10.2. The Morgan fingerprint density at radius 3 is 2.82 bits per heavy atom. The molecule has 0 unspecified atom stereocenters. The minimum Gasteiger partial charge on any atom is -0.421 e. The van der Waals surface area contributed by atoms with Crippen LogP contribution in [0.1, 0.15) is 5.56 Å². The molecule has 6 heteroatoms. The van der Waals surface area contributed by atoms with E-state index in [4.69, 9.17) is 15.7 Å². The molecule has 2 rings (SSSR count). The maximum atomic E-state index is 13.5. The van der Waals surface area contributed by atoms with E-state index in [2.05, 4.69) is 9.97 Å². The van der Waals surface area contributed by atoms with Crippen LogP contribution in [-0.2, 0) is 0 Å². The van der Waals surface area contributed by atoms with E-state index in [1.807, 2.05) is 6.07 Å². The number of nitrogens with two attached hydrogens (primary N) is 1. The number of aromatic nitrogens is 2. The van der Waals surface area contributed by atoms with Gasteiger partial charge >= 0.3 is 6.01 Å². The van der Waals surface area contributed by atoms with Gasteiger partial charge in [0, 0.05) is 6.20 Å². The molecular formula is C11H7FN4O. The molecule has 0 amide bonds. The molecule has 0 aliphatic carbocycles. The van der Waals surface area contributed by atoms with Crippen molar-refractivity contribution in [2.24, 2.45) is 0 Å². The van der Waals surface area contributed by atoms with Crippen molar-refractivity contribution in [3.63, 3.8) is 0 Å². The second-order valence-corrected chi connectivity index (χ2v) is 3.12. The Labute approximate surface area is 96.3 Å². The van der Waals surface area contributed by atoms with Gasteiger partial charge in [0.05, 0.1) is 11.6 Å². The average Bonchev–Trinajstić information content (AvgIpc) is 2.32. The van der Waals surface area contributed by atoms with Crippen LogP contribution < -0.4 is 10.5 Å². The summed E-state index contributed by atoms with van der Waals surface area (Å²) in [6.45, 7) is 0. The van der Waals surface area contributed by atoms with Crippen LogP contribution in [0, 0.1) is 17.1 Å². The highest BCUT2D eigenvalue weighted by atomic mass is 19.1. The first-order chi connectivity index (χ1) is 8.19. The monoisotopic (exact) mass is 230 g/mol. The van der Waals surface area contributed by atoms with Crippen molar-refractivity contribution in [1.82, 2.24) is 9.97 Å². The van der Waals surface area contributed by atoms with Crippen molar-refractivity contribution in [3.8, 4) is 17.8 Å². The molecule has 1 heterocycles. The number of benzene rings is 1. The fourth-order valence-electron chi connectivity index (χ4n) is 1.15. The highest BCUT2D eigenvalue weighted by Gasteiger charge is 2.07. The third-order valence-corrected chi connectivity index (χ3v) is 1.92. The maximum absolute atomic E-state index is 13.5. The van der Waals surface area contributed by atoms with Crippen LogP contribution in [0.4, 0.5) is 10.2 Å². The molecule has 5 nitrogen and oxygen atoms in total. The Bertz CT molecular complexity index is 594. The van der Waals surface area contributed by atoms with Crippen molar-refractivity contribution in [1.29, 1.82) is 5.26 Å². The third-order valence-electron chi connectivity index (χ3n) is 1.92. The first-order valence-corrected chi connectivity index (χ1v) is 4.65. The summed E-state index contributed by atoms with van der Waals surface area (Å²) in [5, 5.41) is 8.58. The summed E-state index contributed by atoms with van der Waals surface area (Å²) in [6.07, 6.45) is 1.40. The molecule has 0 atom stereocenters. The minimum absolute atomic E-state index is 0.0476. The van der Waals surface area contributed by atoms with Crippen LogP contribution >= 0.6 is 0 Å². The summed E-state index contributed by atoms with van der Waals surface area (Å²) in [7, 11) is 0. The molecule has 0 aliphatic heterocycles. The smallest absolute Gasteiger partial charge is 0.323 e. The lowest BCUT2D eigenvalue weighted by Gasteiger charge is -2.04. The molecule has 0 radical (unpaired) electrons. The van der Waals surface area contributed by atoms with E-state index < -0.39 is 5.82 Å². The van der Waals surface area contributed by atoms with Crippen LogP contribution in [0.5, 0.6) is 11.8 Å². The molecule has 17 heavy (non-hydrogen) atoms. The van der Waals surface area contributed by atoms with Crippen molar-refractivity contribution in [2.45, 2.75) is 0 Å². The Morgan fingerprint density at radius 1 is 1.35 bits per heavy atom. The lowest BCUT2D eigenvalue weighted by Crippen LogP contribution is -1.97. The number of hydrogen-bond acceptors (Lipinski definition) is 5. The molecule has 84 valence electrons. The quantitative estimate of drug-likeness (QED) is 0.851. The first kappa shape index (κ1) is 10.8. The van der Waals surface area contributed by atoms with Gasteiger partial charge in [-0.2, -0.15) is 10.2 Å². The number of anilines is 1. The topological polar surface area (TPSA) is 84.8 Å². The predicted molar refractivity (Wildman–Crippen MR) is 57.6 cm³/mol. The highest BCUT2D eigenvalue weighted by molar-refractivity contribution is 5.37. The minimum atomic E-state index is -0.657. The van der Waals surface area contributed by atoms with Crippen LogP contribution in [0.3, 0.4) is 0 Å². The van der Waals surface area contributed by atoms with Gasteiger partial charge in [0.1, 0.15) is 5.82 Å².